The van der Waals surface area contributed by atoms with E-state index in [1.54, 1.807) is 18.3 Å². The molecule has 1 fully saturated rings. The van der Waals surface area contributed by atoms with Gasteiger partial charge in [0, 0.05) is 22.7 Å². The van der Waals surface area contributed by atoms with Gasteiger partial charge in [0.05, 0.1) is 24.4 Å². The van der Waals surface area contributed by atoms with Crippen molar-refractivity contribution in [1.29, 1.82) is 0 Å². The molecular weight excluding hydrogens is 399 g/mol. The third-order valence-electron chi connectivity index (χ3n) is 5.48. The second kappa shape index (κ2) is 7.28. The van der Waals surface area contributed by atoms with Crippen molar-refractivity contribution in [1.82, 2.24) is 9.88 Å². The molecule has 5 rings (SSSR count). The highest BCUT2D eigenvalue weighted by molar-refractivity contribution is 6.46. The second-order valence-corrected chi connectivity index (χ2v) is 7.31. The molecule has 1 aliphatic heterocycles. The molecule has 0 radical (unpaired) electrons. The second-order valence-electron chi connectivity index (χ2n) is 7.31. The fourth-order valence-corrected chi connectivity index (χ4v) is 4.02. The van der Waals surface area contributed by atoms with Crippen LogP contribution in [0.2, 0.25) is 0 Å². The summed E-state index contributed by atoms with van der Waals surface area (Å²) in [7, 11) is 0. The predicted octanol–water partition coefficient (Wildman–Crippen LogP) is 4.52. The lowest BCUT2D eigenvalue weighted by Crippen LogP contribution is -2.29. The number of amides is 1. The lowest BCUT2D eigenvalue weighted by Gasteiger charge is -2.24. The summed E-state index contributed by atoms with van der Waals surface area (Å²) in [6.45, 7) is 0.0320. The summed E-state index contributed by atoms with van der Waals surface area (Å²) in [4.78, 5) is 30.4. The molecule has 3 heterocycles. The van der Waals surface area contributed by atoms with Gasteiger partial charge in [-0.2, -0.15) is 0 Å². The van der Waals surface area contributed by atoms with Crippen molar-refractivity contribution in [2.75, 3.05) is 0 Å². The number of likely N-dealkylation sites (tertiary alicyclic amines) is 1. The number of halogens is 1. The van der Waals surface area contributed by atoms with Gasteiger partial charge in [-0.05, 0) is 35.9 Å². The van der Waals surface area contributed by atoms with Crippen molar-refractivity contribution in [2.24, 2.45) is 0 Å². The Balaban J connectivity index is 1.69. The number of Topliss-reactive ketones (excluding diaryl/α,β-unsaturated/α-hetero) is 1. The van der Waals surface area contributed by atoms with Gasteiger partial charge in [-0.15, -0.1) is 0 Å². The number of carbonyl (C=O) groups excluding carboxylic acids is 2. The summed E-state index contributed by atoms with van der Waals surface area (Å²) in [5, 5.41) is 11.9. The maximum absolute atomic E-state index is 13.6. The number of fused-ring (bicyclic) bond motifs is 1. The Morgan fingerprint density at radius 1 is 1.06 bits per heavy atom. The van der Waals surface area contributed by atoms with E-state index in [4.69, 9.17) is 4.42 Å². The summed E-state index contributed by atoms with van der Waals surface area (Å²) in [6, 6.07) is 15.3. The van der Waals surface area contributed by atoms with Gasteiger partial charge < -0.3 is 19.4 Å². The van der Waals surface area contributed by atoms with Gasteiger partial charge >= 0.3 is 0 Å². The number of nitrogens with zero attached hydrogens (tertiary/aromatic N) is 1. The molecule has 7 heteroatoms. The molecule has 2 N–H and O–H groups in total. The largest absolute Gasteiger partial charge is 0.507 e. The van der Waals surface area contributed by atoms with Crippen molar-refractivity contribution < 1.29 is 23.5 Å². The van der Waals surface area contributed by atoms with Gasteiger partial charge in [0.2, 0.25) is 0 Å². The van der Waals surface area contributed by atoms with E-state index in [1.165, 1.54) is 35.4 Å². The third kappa shape index (κ3) is 3.11. The summed E-state index contributed by atoms with van der Waals surface area (Å²) >= 11 is 0. The number of furan rings is 1. The number of nitrogens with one attached hydrogen (secondary N) is 1. The highest BCUT2D eigenvalue weighted by atomic mass is 19.1. The van der Waals surface area contributed by atoms with Crippen LogP contribution >= 0.6 is 0 Å². The number of H-pyrrole nitrogens is 1. The Labute approximate surface area is 176 Å². The Morgan fingerprint density at radius 3 is 2.58 bits per heavy atom. The van der Waals surface area contributed by atoms with Gasteiger partial charge in [0.15, 0.2) is 0 Å². The first kappa shape index (κ1) is 18.9. The average Bonchev–Trinajstić information content (AvgIpc) is 3.50. The lowest BCUT2D eigenvalue weighted by molar-refractivity contribution is -0.140. The molecule has 0 spiro atoms. The van der Waals surface area contributed by atoms with Gasteiger partial charge in [-0.1, -0.05) is 30.3 Å². The maximum Gasteiger partial charge on any atom is 0.296 e. The van der Waals surface area contributed by atoms with Crippen LogP contribution in [-0.4, -0.2) is 26.7 Å². The number of rotatable bonds is 4. The minimum Gasteiger partial charge on any atom is -0.507 e. The first-order chi connectivity index (χ1) is 15.0. The summed E-state index contributed by atoms with van der Waals surface area (Å²) in [6.07, 6.45) is 3.08. The average molecular weight is 416 g/mol. The molecule has 2 aromatic carbocycles. The zero-order valence-corrected chi connectivity index (χ0v) is 16.2. The van der Waals surface area contributed by atoms with Crippen LogP contribution in [0.4, 0.5) is 4.39 Å². The molecule has 0 aliphatic carbocycles. The van der Waals surface area contributed by atoms with Crippen LogP contribution in [0.25, 0.3) is 16.7 Å². The zero-order valence-electron chi connectivity index (χ0n) is 16.2. The first-order valence-corrected chi connectivity index (χ1v) is 9.67. The van der Waals surface area contributed by atoms with Gasteiger partial charge in [-0.3, -0.25) is 9.59 Å². The van der Waals surface area contributed by atoms with Crippen LogP contribution in [0.5, 0.6) is 0 Å². The van der Waals surface area contributed by atoms with E-state index in [1.807, 2.05) is 24.3 Å². The molecule has 6 nitrogen and oxygen atoms in total. The van der Waals surface area contributed by atoms with Crippen molar-refractivity contribution in [2.45, 2.75) is 12.6 Å². The number of aromatic nitrogens is 1. The molecule has 1 amide bonds. The van der Waals surface area contributed by atoms with Crippen LogP contribution in [0, 0.1) is 5.82 Å². The number of carbonyl (C=O) groups is 2. The minimum atomic E-state index is -0.889. The summed E-state index contributed by atoms with van der Waals surface area (Å²) in [5.41, 5.74) is 1.66. The van der Waals surface area contributed by atoms with E-state index in [0.29, 0.717) is 16.9 Å². The number of aliphatic hydroxyl groups excluding tert-OH is 1. The number of benzene rings is 2. The Bertz CT molecular complexity index is 1320. The third-order valence-corrected chi connectivity index (χ3v) is 5.48. The number of aliphatic hydroxyl groups is 1. The van der Waals surface area contributed by atoms with E-state index in [0.717, 1.165) is 10.9 Å². The molecule has 1 aliphatic rings. The number of hydrogen-bond donors (Lipinski definition) is 2. The smallest absolute Gasteiger partial charge is 0.296 e. The molecule has 154 valence electrons. The molecule has 31 heavy (non-hydrogen) atoms. The molecule has 0 saturated carbocycles. The van der Waals surface area contributed by atoms with Crippen LogP contribution in [-0.2, 0) is 16.1 Å². The number of hydrogen-bond acceptors (Lipinski definition) is 4. The molecule has 2 aromatic heterocycles. The molecular formula is C24H17FN2O4. The van der Waals surface area contributed by atoms with E-state index >= 15 is 0 Å². The van der Waals surface area contributed by atoms with Crippen molar-refractivity contribution >= 4 is 28.4 Å². The van der Waals surface area contributed by atoms with Gasteiger partial charge in [-0.25, -0.2) is 4.39 Å². The monoisotopic (exact) mass is 416 g/mol. The van der Waals surface area contributed by atoms with Gasteiger partial charge in [0.1, 0.15) is 17.3 Å². The van der Waals surface area contributed by atoms with Crippen molar-refractivity contribution in [3.8, 4) is 0 Å². The normalized spacial score (nSPS) is 18.2. The molecule has 1 unspecified atom stereocenters. The van der Waals surface area contributed by atoms with Crippen LogP contribution in [0.15, 0.2) is 83.1 Å². The van der Waals surface area contributed by atoms with Crippen LogP contribution in [0.3, 0.4) is 0 Å². The Morgan fingerprint density at radius 2 is 1.84 bits per heavy atom. The molecule has 1 saturated heterocycles. The quantitative estimate of drug-likeness (QED) is 0.291. The van der Waals surface area contributed by atoms with E-state index in [-0.39, 0.29) is 17.9 Å². The molecule has 4 aromatic rings. The fraction of sp³-hybridized carbons (Fsp3) is 0.0833. The van der Waals surface area contributed by atoms with Crippen molar-refractivity contribution in [3.63, 3.8) is 0 Å². The number of ketones is 1. The summed E-state index contributed by atoms with van der Waals surface area (Å²) < 4.78 is 18.9. The topological polar surface area (TPSA) is 86.5 Å². The van der Waals surface area contributed by atoms with E-state index in [2.05, 4.69) is 4.98 Å². The Kier molecular flexibility index (Phi) is 4.43. The van der Waals surface area contributed by atoms with Crippen molar-refractivity contribution in [3.05, 3.63) is 101 Å². The summed E-state index contributed by atoms with van der Waals surface area (Å²) in [5.74, 6) is -1.80. The Hall–Kier alpha value is -4.13. The zero-order chi connectivity index (χ0) is 21.5. The predicted molar refractivity (Wildman–Crippen MR) is 111 cm³/mol. The maximum atomic E-state index is 13.6. The van der Waals surface area contributed by atoms with Crippen LogP contribution < -0.4 is 0 Å². The highest BCUT2D eigenvalue weighted by Crippen LogP contribution is 2.41. The first-order valence-electron chi connectivity index (χ1n) is 9.67. The number of para-hydroxylation sites is 1. The van der Waals surface area contributed by atoms with Gasteiger partial charge in [0.25, 0.3) is 11.7 Å². The van der Waals surface area contributed by atoms with E-state index < -0.39 is 23.5 Å². The fourth-order valence-electron chi connectivity index (χ4n) is 4.02. The van der Waals surface area contributed by atoms with E-state index in [9.17, 15) is 19.1 Å². The lowest BCUT2D eigenvalue weighted by atomic mass is 9.95. The standard InChI is InChI=1S/C24H17FN2O4/c25-15-9-7-14(8-10-15)21-20(22(28)18-12-26-19-6-2-1-5-17(18)19)23(29)24(30)27(21)13-16-4-3-11-31-16/h1-12,21,26,28H,13H2/b22-20-. The number of aromatic amines is 1. The minimum absolute atomic E-state index is 0.0320. The highest BCUT2D eigenvalue weighted by Gasteiger charge is 2.46. The SMILES string of the molecule is O=C1C(=O)N(Cc2ccco2)C(c2ccc(F)cc2)/C1=C(/O)c1c[nH]c2ccccc12. The molecule has 0 bridgehead atoms. The molecule has 1 atom stereocenters. The van der Waals surface area contributed by atoms with Crippen LogP contribution in [0.1, 0.15) is 22.9 Å².